The summed E-state index contributed by atoms with van der Waals surface area (Å²) >= 11 is 7.02. The van der Waals surface area contributed by atoms with Crippen LogP contribution in [0.3, 0.4) is 0 Å². The Balaban J connectivity index is 1.61. The maximum atomic E-state index is 13.7. The van der Waals surface area contributed by atoms with E-state index in [1.54, 1.807) is 23.1 Å². The Kier molecular flexibility index (Phi) is 9.17. The fourth-order valence-corrected chi connectivity index (χ4v) is 7.10. The number of likely N-dealkylation sites (N-methyl/N-ethyl adjacent to an activating group) is 1. The van der Waals surface area contributed by atoms with Gasteiger partial charge in [0, 0.05) is 38.6 Å². The lowest BCUT2D eigenvalue weighted by atomic mass is 10.2. The van der Waals surface area contributed by atoms with Gasteiger partial charge in [0.25, 0.3) is 5.91 Å². The molecule has 2 fully saturated rings. The number of nitrogens with zero attached hydrogens (tertiary/aromatic N) is 3. The number of ether oxygens (including phenoxy) is 1. The third-order valence-electron chi connectivity index (χ3n) is 6.88. The minimum Gasteiger partial charge on any atom is -0.493 e. The molecule has 2 saturated heterocycles. The lowest BCUT2D eigenvalue weighted by Crippen LogP contribution is -2.53. The number of benzene rings is 1. The highest BCUT2D eigenvalue weighted by molar-refractivity contribution is 7.89. The van der Waals surface area contributed by atoms with Crippen molar-refractivity contribution in [3.05, 3.63) is 39.5 Å². The Morgan fingerprint density at radius 1 is 1.23 bits per heavy atom. The van der Waals surface area contributed by atoms with Crippen molar-refractivity contribution >= 4 is 56.4 Å². The number of amides is 3. The topological polar surface area (TPSA) is 128 Å². The molecule has 2 aromatic rings. The zero-order valence-electron chi connectivity index (χ0n) is 22.0. The van der Waals surface area contributed by atoms with Gasteiger partial charge in [0.2, 0.25) is 21.8 Å². The van der Waals surface area contributed by atoms with Crippen molar-refractivity contribution in [2.75, 3.05) is 52.3 Å². The molecule has 0 spiro atoms. The molecule has 0 bridgehead atoms. The summed E-state index contributed by atoms with van der Waals surface area (Å²) in [5.74, 6) is -1.02. The van der Waals surface area contributed by atoms with Crippen LogP contribution in [0.25, 0.3) is 0 Å². The Hall–Kier alpha value is -2.71. The first kappa shape index (κ1) is 29.3. The summed E-state index contributed by atoms with van der Waals surface area (Å²) in [6.07, 6.45) is 1.78. The van der Waals surface area contributed by atoms with Gasteiger partial charge in [-0.25, -0.2) is 8.42 Å². The highest BCUT2D eigenvalue weighted by Gasteiger charge is 2.36. The molecule has 2 aliphatic heterocycles. The van der Waals surface area contributed by atoms with Crippen LogP contribution in [0, 0.1) is 0 Å². The van der Waals surface area contributed by atoms with E-state index in [1.807, 2.05) is 19.0 Å². The van der Waals surface area contributed by atoms with Crippen LogP contribution >= 0.6 is 22.9 Å². The fraction of sp³-hybridized carbons (Fsp3) is 0.480. The van der Waals surface area contributed by atoms with Crippen LogP contribution in [0.2, 0.25) is 4.34 Å². The quantitative estimate of drug-likeness (QED) is 0.427. The minimum absolute atomic E-state index is 0.0116. The largest absolute Gasteiger partial charge is 0.493 e. The molecule has 3 amide bonds. The van der Waals surface area contributed by atoms with Crippen molar-refractivity contribution < 1.29 is 27.5 Å². The Bertz CT molecular complexity index is 1350. The van der Waals surface area contributed by atoms with Gasteiger partial charge in [0.05, 0.1) is 22.0 Å². The molecular weight excluding hydrogens is 566 g/mol. The first-order valence-electron chi connectivity index (χ1n) is 12.5. The van der Waals surface area contributed by atoms with Gasteiger partial charge >= 0.3 is 0 Å². The van der Waals surface area contributed by atoms with E-state index >= 15 is 0 Å². The van der Waals surface area contributed by atoms with Crippen LogP contribution in [0.5, 0.6) is 5.75 Å². The molecular formula is C25H32ClN5O6S2. The number of carbonyl (C=O) groups is 3. The first-order valence-corrected chi connectivity index (χ1v) is 15.2. The van der Waals surface area contributed by atoms with E-state index in [1.165, 1.54) is 24.1 Å². The number of para-hydroxylation sites is 1. The molecule has 4 rings (SSSR count). The molecule has 2 aliphatic rings. The summed E-state index contributed by atoms with van der Waals surface area (Å²) < 4.78 is 35.8. The SMILES string of the molecule is COc1c(N2CCCC2=O)cccc1S(=O)(=O)N[C@@H](CNC(=O)c1ccc(Cl)s1)C(=O)N1CC[C@H](N(C)C)C1. The van der Waals surface area contributed by atoms with Crippen molar-refractivity contribution in [3.8, 4) is 5.75 Å². The van der Waals surface area contributed by atoms with Crippen LogP contribution in [-0.4, -0.2) is 95.4 Å². The number of sulfonamides is 1. The van der Waals surface area contributed by atoms with Crippen LogP contribution in [-0.2, 0) is 19.6 Å². The van der Waals surface area contributed by atoms with Crippen molar-refractivity contribution in [1.82, 2.24) is 19.8 Å². The van der Waals surface area contributed by atoms with E-state index in [0.717, 1.165) is 17.8 Å². The molecule has 2 N–H and O–H groups in total. The predicted molar refractivity (Wildman–Crippen MR) is 149 cm³/mol. The second kappa shape index (κ2) is 12.2. The van der Waals surface area contributed by atoms with E-state index in [2.05, 4.69) is 10.0 Å². The summed E-state index contributed by atoms with van der Waals surface area (Å²) in [6, 6.07) is 6.52. The molecule has 3 heterocycles. The van der Waals surface area contributed by atoms with Crippen LogP contribution in [0.1, 0.15) is 28.9 Å². The third-order valence-corrected chi connectivity index (χ3v) is 9.61. The molecule has 1 aromatic carbocycles. The number of anilines is 1. The van der Waals surface area contributed by atoms with Gasteiger partial charge in [-0.05, 0) is 51.2 Å². The van der Waals surface area contributed by atoms with Gasteiger partial charge in [0.1, 0.15) is 10.9 Å². The molecule has 212 valence electrons. The second-order valence-electron chi connectivity index (χ2n) is 9.64. The molecule has 2 atom stereocenters. The van der Waals surface area contributed by atoms with Gasteiger partial charge in [-0.1, -0.05) is 17.7 Å². The van der Waals surface area contributed by atoms with Gasteiger partial charge in [0.15, 0.2) is 5.75 Å². The van der Waals surface area contributed by atoms with Crippen LogP contribution in [0.4, 0.5) is 5.69 Å². The second-order valence-corrected chi connectivity index (χ2v) is 13.0. The number of nitrogens with one attached hydrogen (secondary N) is 2. The average Bonchev–Trinajstić information content (AvgIpc) is 3.66. The van der Waals surface area contributed by atoms with Crippen molar-refractivity contribution in [1.29, 1.82) is 0 Å². The average molecular weight is 598 g/mol. The zero-order chi connectivity index (χ0) is 28.3. The maximum Gasteiger partial charge on any atom is 0.261 e. The van der Waals surface area contributed by atoms with Crippen LogP contribution in [0.15, 0.2) is 35.2 Å². The minimum atomic E-state index is -4.33. The van der Waals surface area contributed by atoms with Crippen molar-refractivity contribution in [2.24, 2.45) is 0 Å². The molecule has 11 nitrogen and oxygen atoms in total. The number of likely N-dealkylation sites (tertiary alicyclic amines) is 1. The lowest BCUT2D eigenvalue weighted by Gasteiger charge is -2.26. The van der Waals surface area contributed by atoms with Crippen molar-refractivity contribution in [3.63, 3.8) is 0 Å². The molecule has 39 heavy (non-hydrogen) atoms. The molecule has 0 saturated carbocycles. The molecule has 0 radical (unpaired) electrons. The molecule has 1 aromatic heterocycles. The zero-order valence-corrected chi connectivity index (χ0v) is 24.4. The smallest absolute Gasteiger partial charge is 0.261 e. The third kappa shape index (κ3) is 6.55. The van der Waals surface area contributed by atoms with E-state index < -0.39 is 27.9 Å². The van der Waals surface area contributed by atoms with E-state index in [4.69, 9.17) is 16.3 Å². The number of rotatable bonds is 10. The summed E-state index contributed by atoms with van der Waals surface area (Å²) in [7, 11) is 0.859. The molecule has 0 aliphatic carbocycles. The van der Waals surface area contributed by atoms with E-state index in [9.17, 15) is 22.8 Å². The highest BCUT2D eigenvalue weighted by Crippen LogP contribution is 2.37. The van der Waals surface area contributed by atoms with Gasteiger partial charge in [-0.2, -0.15) is 4.72 Å². The number of halogens is 1. The standard InChI is InChI=1S/C25H32ClN5O6S2/c1-29(2)16-11-13-30(15-16)25(34)17(14-27-24(33)19-9-10-21(26)38-19)28-39(35,36)20-7-4-6-18(23(20)37-3)31-12-5-8-22(31)32/h4,6-7,9-10,16-17,28H,5,8,11-15H2,1-3H3,(H,27,33)/t16-,17-/m0/s1. The van der Waals surface area contributed by atoms with Gasteiger partial charge in [-0.15, -0.1) is 11.3 Å². The maximum absolute atomic E-state index is 13.7. The summed E-state index contributed by atoms with van der Waals surface area (Å²) in [5, 5.41) is 2.66. The summed E-state index contributed by atoms with van der Waals surface area (Å²) in [6.45, 7) is 1.08. The number of hydrogen-bond acceptors (Lipinski definition) is 8. The van der Waals surface area contributed by atoms with Gasteiger partial charge in [-0.3, -0.25) is 14.4 Å². The van der Waals surface area contributed by atoms with E-state index in [-0.39, 0.29) is 29.1 Å². The van der Waals surface area contributed by atoms with Crippen LogP contribution < -0.4 is 19.7 Å². The summed E-state index contributed by atoms with van der Waals surface area (Å²) in [4.78, 5) is 43.9. The number of thiophene rings is 1. The fourth-order valence-electron chi connectivity index (χ4n) is 4.77. The predicted octanol–water partition coefficient (Wildman–Crippen LogP) is 1.78. The van der Waals surface area contributed by atoms with Crippen molar-refractivity contribution in [2.45, 2.75) is 36.2 Å². The Labute approximate surface area is 237 Å². The first-order chi connectivity index (χ1) is 18.5. The number of hydrogen-bond donors (Lipinski definition) is 2. The Morgan fingerprint density at radius 2 is 2.00 bits per heavy atom. The van der Waals surface area contributed by atoms with E-state index in [0.29, 0.717) is 47.4 Å². The number of methoxy groups -OCH3 is 1. The molecule has 0 unspecified atom stereocenters. The molecule has 14 heteroatoms. The lowest BCUT2D eigenvalue weighted by molar-refractivity contribution is -0.132. The Morgan fingerprint density at radius 3 is 2.59 bits per heavy atom. The normalized spacial score (nSPS) is 18.6. The number of carbonyl (C=O) groups excluding carboxylic acids is 3. The monoisotopic (exact) mass is 597 g/mol. The van der Waals surface area contributed by atoms with Gasteiger partial charge < -0.3 is 24.8 Å². The highest BCUT2D eigenvalue weighted by atomic mass is 35.5. The summed E-state index contributed by atoms with van der Waals surface area (Å²) in [5.41, 5.74) is 0.349.